The minimum Gasteiger partial charge on any atom is -0.298 e. The van der Waals surface area contributed by atoms with Crippen LogP contribution in [0.1, 0.15) is 71.6 Å². The Morgan fingerprint density at radius 2 is 1.47 bits per heavy atom. The molecule has 0 saturated carbocycles. The Hall–Kier alpha value is -0.590. The van der Waals surface area contributed by atoms with E-state index in [4.69, 9.17) is 0 Å². The van der Waals surface area contributed by atoms with Crippen LogP contribution in [-0.2, 0) is 4.79 Å². The molecule has 0 radical (unpaired) electrons. The van der Waals surface area contributed by atoms with Crippen molar-refractivity contribution in [3.63, 3.8) is 0 Å². The average molecular weight is 210 g/mol. The fourth-order valence-electron chi connectivity index (χ4n) is 1.73. The molecule has 0 spiro atoms. The van der Waals surface area contributed by atoms with E-state index in [1.54, 1.807) is 0 Å². The lowest BCUT2D eigenvalue weighted by Crippen LogP contribution is -1.86. The first kappa shape index (κ1) is 14.4. The van der Waals surface area contributed by atoms with Gasteiger partial charge in [0.25, 0.3) is 0 Å². The van der Waals surface area contributed by atoms with E-state index in [1.807, 2.05) is 13.0 Å². The normalized spacial score (nSPS) is 11.7. The Morgan fingerprint density at radius 3 is 1.93 bits per heavy atom. The van der Waals surface area contributed by atoms with Crippen molar-refractivity contribution in [3.8, 4) is 0 Å². The third-order valence-electron chi connectivity index (χ3n) is 2.84. The van der Waals surface area contributed by atoms with E-state index >= 15 is 0 Å². The quantitative estimate of drug-likeness (QED) is 0.291. The number of carbonyl (C=O) groups is 1. The molecule has 0 unspecified atom stereocenters. The maximum absolute atomic E-state index is 10.5. The molecule has 0 amide bonds. The molecular weight excluding hydrogens is 184 g/mol. The summed E-state index contributed by atoms with van der Waals surface area (Å²) in [7, 11) is 0. The standard InChI is InChI=1S/C14H26O/c1-3-5-6-7-8-9-10-11-12-14(4-2)13-15/h4,13H,3,5-12H2,1-2H3. The molecule has 0 bridgehead atoms. The van der Waals surface area contributed by atoms with Crippen molar-refractivity contribution in [3.05, 3.63) is 11.6 Å². The monoisotopic (exact) mass is 210 g/mol. The predicted molar refractivity (Wildman–Crippen MR) is 67.0 cm³/mol. The molecule has 0 N–H and O–H groups in total. The Labute approximate surface area is 95.0 Å². The van der Waals surface area contributed by atoms with Crippen LogP contribution in [0.25, 0.3) is 0 Å². The molecule has 0 aromatic carbocycles. The number of carbonyl (C=O) groups excluding carboxylic acids is 1. The van der Waals surface area contributed by atoms with E-state index in [9.17, 15) is 4.79 Å². The summed E-state index contributed by atoms with van der Waals surface area (Å²) < 4.78 is 0. The lowest BCUT2D eigenvalue weighted by atomic mass is 10.0. The second-order valence-corrected chi connectivity index (χ2v) is 4.21. The number of hydrogen-bond acceptors (Lipinski definition) is 1. The number of unbranched alkanes of at least 4 members (excludes halogenated alkanes) is 7. The van der Waals surface area contributed by atoms with Crippen molar-refractivity contribution in [1.82, 2.24) is 0 Å². The van der Waals surface area contributed by atoms with Crippen LogP contribution in [0.5, 0.6) is 0 Å². The predicted octanol–water partition coefficient (Wildman–Crippen LogP) is 4.66. The molecule has 1 nitrogen and oxygen atoms in total. The molecule has 0 fully saturated rings. The van der Waals surface area contributed by atoms with Crippen molar-refractivity contribution in [2.24, 2.45) is 0 Å². The first-order chi connectivity index (χ1) is 7.35. The van der Waals surface area contributed by atoms with Crippen molar-refractivity contribution in [2.75, 3.05) is 0 Å². The highest BCUT2D eigenvalue weighted by Gasteiger charge is 1.94. The van der Waals surface area contributed by atoms with Crippen LogP contribution in [0.2, 0.25) is 0 Å². The smallest absolute Gasteiger partial charge is 0.145 e. The Bertz CT molecular complexity index is 170. The van der Waals surface area contributed by atoms with Crippen LogP contribution >= 0.6 is 0 Å². The van der Waals surface area contributed by atoms with Gasteiger partial charge in [-0.05, 0) is 25.3 Å². The summed E-state index contributed by atoms with van der Waals surface area (Å²) in [6.45, 7) is 4.19. The molecule has 0 rings (SSSR count). The molecule has 0 aromatic rings. The highest BCUT2D eigenvalue weighted by molar-refractivity contribution is 5.72. The second-order valence-electron chi connectivity index (χ2n) is 4.21. The molecule has 0 aliphatic rings. The largest absolute Gasteiger partial charge is 0.298 e. The molecule has 15 heavy (non-hydrogen) atoms. The van der Waals surface area contributed by atoms with Gasteiger partial charge in [-0.1, -0.05) is 57.9 Å². The lowest BCUT2D eigenvalue weighted by molar-refractivity contribution is -0.105. The third kappa shape index (κ3) is 9.71. The zero-order valence-corrected chi connectivity index (χ0v) is 10.4. The van der Waals surface area contributed by atoms with Crippen LogP contribution in [0.15, 0.2) is 11.6 Å². The summed E-state index contributed by atoms with van der Waals surface area (Å²) in [5.41, 5.74) is 0.959. The number of hydrogen-bond donors (Lipinski definition) is 0. The summed E-state index contributed by atoms with van der Waals surface area (Å²) in [5, 5.41) is 0. The molecule has 0 saturated heterocycles. The Balaban J connectivity index is 3.14. The fourth-order valence-corrected chi connectivity index (χ4v) is 1.73. The molecule has 0 aliphatic carbocycles. The SMILES string of the molecule is CC=C(C=O)CCCCCCCCCC. The van der Waals surface area contributed by atoms with E-state index in [2.05, 4.69) is 6.92 Å². The van der Waals surface area contributed by atoms with Gasteiger partial charge in [-0.15, -0.1) is 0 Å². The Kier molecular flexibility index (Phi) is 11.0. The van der Waals surface area contributed by atoms with Gasteiger partial charge in [0.15, 0.2) is 0 Å². The van der Waals surface area contributed by atoms with Crippen molar-refractivity contribution >= 4 is 6.29 Å². The summed E-state index contributed by atoms with van der Waals surface area (Å²) in [5.74, 6) is 0. The van der Waals surface area contributed by atoms with Crippen molar-refractivity contribution in [2.45, 2.75) is 71.6 Å². The van der Waals surface area contributed by atoms with Gasteiger partial charge in [-0.2, -0.15) is 0 Å². The first-order valence-corrected chi connectivity index (χ1v) is 6.45. The van der Waals surface area contributed by atoms with Gasteiger partial charge in [-0.25, -0.2) is 0 Å². The van der Waals surface area contributed by atoms with Gasteiger partial charge < -0.3 is 0 Å². The minimum atomic E-state index is 0.959. The molecular formula is C14H26O. The molecule has 0 aliphatic heterocycles. The van der Waals surface area contributed by atoms with Gasteiger partial charge in [-0.3, -0.25) is 4.79 Å². The van der Waals surface area contributed by atoms with Gasteiger partial charge in [0.05, 0.1) is 0 Å². The zero-order valence-electron chi connectivity index (χ0n) is 10.4. The molecule has 0 heterocycles. The van der Waals surface area contributed by atoms with E-state index in [-0.39, 0.29) is 0 Å². The minimum absolute atomic E-state index is 0.959. The van der Waals surface area contributed by atoms with E-state index in [0.29, 0.717) is 0 Å². The highest BCUT2D eigenvalue weighted by Crippen LogP contribution is 2.11. The summed E-state index contributed by atoms with van der Waals surface area (Å²) in [6.07, 6.45) is 14.5. The topological polar surface area (TPSA) is 17.1 Å². The lowest BCUT2D eigenvalue weighted by Gasteiger charge is -2.01. The van der Waals surface area contributed by atoms with Gasteiger partial charge >= 0.3 is 0 Å². The highest BCUT2D eigenvalue weighted by atomic mass is 16.1. The van der Waals surface area contributed by atoms with Crippen molar-refractivity contribution < 1.29 is 4.79 Å². The van der Waals surface area contributed by atoms with E-state index in [0.717, 1.165) is 18.3 Å². The average Bonchev–Trinajstić information content (AvgIpc) is 2.27. The summed E-state index contributed by atoms with van der Waals surface area (Å²) >= 11 is 0. The molecule has 1 heteroatoms. The number of rotatable bonds is 10. The van der Waals surface area contributed by atoms with E-state index < -0.39 is 0 Å². The maximum Gasteiger partial charge on any atom is 0.145 e. The van der Waals surface area contributed by atoms with Crippen molar-refractivity contribution in [1.29, 1.82) is 0 Å². The van der Waals surface area contributed by atoms with Crippen LogP contribution in [0.3, 0.4) is 0 Å². The fraction of sp³-hybridized carbons (Fsp3) is 0.786. The number of allylic oxidation sites excluding steroid dienone is 2. The maximum atomic E-state index is 10.5. The van der Waals surface area contributed by atoms with Gasteiger partial charge in [0.2, 0.25) is 0 Å². The third-order valence-corrected chi connectivity index (χ3v) is 2.84. The van der Waals surface area contributed by atoms with Crippen LogP contribution in [0, 0.1) is 0 Å². The molecule has 0 atom stereocenters. The van der Waals surface area contributed by atoms with Crippen LogP contribution in [0.4, 0.5) is 0 Å². The van der Waals surface area contributed by atoms with Gasteiger partial charge in [0, 0.05) is 0 Å². The molecule has 0 aromatic heterocycles. The summed E-state index contributed by atoms with van der Waals surface area (Å²) in [6, 6.07) is 0. The van der Waals surface area contributed by atoms with Gasteiger partial charge in [0.1, 0.15) is 6.29 Å². The molecule has 88 valence electrons. The van der Waals surface area contributed by atoms with Crippen LogP contribution in [-0.4, -0.2) is 6.29 Å². The van der Waals surface area contributed by atoms with Crippen LogP contribution < -0.4 is 0 Å². The summed E-state index contributed by atoms with van der Waals surface area (Å²) in [4.78, 5) is 10.5. The van der Waals surface area contributed by atoms with E-state index in [1.165, 1.54) is 51.4 Å². The first-order valence-electron chi connectivity index (χ1n) is 6.45. The second kappa shape index (κ2) is 11.5. The number of aldehydes is 1. The Morgan fingerprint density at radius 1 is 0.933 bits per heavy atom. The zero-order chi connectivity index (χ0) is 11.4.